The molecule has 1 fully saturated rings. The predicted octanol–water partition coefficient (Wildman–Crippen LogP) is 5.11. The third-order valence-electron chi connectivity index (χ3n) is 6.46. The maximum Gasteiger partial charge on any atom is 0.573 e. The van der Waals surface area contributed by atoms with Gasteiger partial charge in [-0.1, -0.05) is 72.8 Å². The molecular weight excluding hydrogens is 469 g/mol. The number of rotatable bonds is 8. The molecule has 2 N–H and O–H groups in total. The van der Waals surface area contributed by atoms with E-state index in [-0.39, 0.29) is 42.7 Å². The van der Waals surface area contributed by atoms with Gasteiger partial charge in [0.15, 0.2) is 0 Å². The van der Waals surface area contributed by atoms with Crippen LogP contribution in [0, 0.1) is 5.92 Å². The van der Waals surface area contributed by atoms with Crippen LogP contribution in [-0.4, -0.2) is 42.9 Å². The highest BCUT2D eigenvalue weighted by atomic mass is 19.4. The molecule has 4 rings (SSSR count). The van der Waals surface area contributed by atoms with Crippen LogP contribution in [0.4, 0.5) is 13.2 Å². The van der Waals surface area contributed by atoms with Crippen molar-refractivity contribution in [3.05, 3.63) is 102 Å². The second kappa shape index (κ2) is 11.6. The SMILES string of the molecule is NCC(=O)N1CC[C@H](OCc2cccc(OC(F)(F)F)c2)[C@H](C(c2ccccc2)c2ccccc2)C1. The fourth-order valence-electron chi connectivity index (χ4n) is 4.89. The molecule has 190 valence electrons. The van der Waals surface area contributed by atoms with Crippen LogP contribution in [0.3, 0.4) is 0 Å². The summed E-state index contributed by atoms with van der Waals surface area (Å²) in [6.45, 7) is 1.03. The molecule has 1 amide bonds. The summed E-state index contributed by atoms with van der Waals surface area (Å²) in [7, 11) is 0. The maximum absolute atomic E-state index is 12.6. The number of hydrogen-bond acceptors (Lipinski definition) is 4. The average Bonchev–Trinajstić information content (AvgIpc) is 2.88. The highest BCUT2D eigenvalue weighted by Gasteiger charge is 2.38. The Kier molecular flexibility index (Phi) is 8.28. The lowest BCUT2D eigenvalue weighted by molar-refractivity contribution is -0.274. The summed E-state index contributed by atoms with van der Waals surface area (Å²) in [5.41, 5.74) is 8.44. The molecular formula is C28H29F3N2O3. The first-order valence-corrected chi connectivity index (χ1v) is 11.9. The minimum absolute atomic E-state index is 0.0503. The number of nitrogens with zero attached hydrogens (tertiary/aromatic N) is 1. The molecule has 0 spiro atoms. The van der Waals surface area contributed by atoms with E-state index in [0.29, 0.717) is 25.1 Å². The van der Waals surface area contributed by atoms with Crippen molar-refractivity contribution in [1.29, 1.82) is 0 Å². The van der Waals surface area contributed by atoms with Crippen LogP contribution in [0.15, 0.2) is 84.9 Å². The standard InChI is InChI=1S/C28H29F3N2O3/c29-28(30,31)36-23-13-7-8-20(16-23)19-35-25-14-15-33(26(34)17-32)18-24(25)27(21-9-3-1-4-10-21)22-11-5-2-6-12-22/h1-13,16,24-25,27H,14-15,17-19,32H2/t24-,25+/m1/s1. The highest BCUT2D eigenvalue weighted by Crippen LogP contribution is 2.39. The third-order valence-corrected chi connectivity index (χ3v) is 6.46. The van der Waals surface area contributed by atoms with Crippen LogP contribution in [0.2, 0.25) is 0 Å². The van der Waals surface area contributed by atoms with Gasteiger partial charge >= 0.3 is 6.36 Å². The summed E-state index contributed by atoms with van der Waals surface area (Å²) in [6.07, 6.45) is -4.40. The van der Waals surface area contributed by atoms with Crippen molar-refractivity contribution in [3.8, 4) is 5.75 Å². The quantitative estimate of drug-likeness (QED) is 0.469. The maximum atomic E-state index is 12.6. The lowest BCUT2D eigenvalue weighted by atomic mass is 9.75. The highest BCUT2D eigenvalue weighted by molar-refractivity contribution is 5.78. The number of carbonyl (C=O) groups excluding carboxylic acids is 1. The van der Waals surface area contributed by atoms with E-state index in [1.54, 1.807) is 11.0 Å². The van der Waals surface area contributed by atoms with Crippen LogP contribution >= 0.6 is 0 Å². The van der Waals surface area contributed by atoms with E-state index in [9.17, 15) is 18.0 Å². The normalized spacial score (nSPS) is 18.3. The number of carbonyl (C=O) groups is 1. The zero-order chi connectivity index (χ0) is 25.5. The van der Waals surface area contributed by atoms with Crippen LogP contribution in [0.25, 0.3) is 0 Å². The van der Waals surface area contributed by atoms with Crippen molar-refractivity contribution >= 4 is 5.91 Å². The Labute approximate surface area is 208 Å². The molecule has 1 aliphatic heterocycles. The molecule has 0 saturated carbocycles. The summed E-state index contributed by atoms with van der Waals surface area (Å²) in [6, 6.07) is 25.9. The molecule has 1 saturated heterocycles. The molecule has 5 nitrogen and oxygen atoms in total. The molecule has 0 bridgehead atoms. The van der Waals surface area contributed by atoms with Gasteiger partial charge in [-0.3, -0.25) is 4.79 Å². The molecule has 2 atom stereocenters. The van der Waals surface area contributed by atoms with Gasteiger partial charge in [0, 0.05) is 24.9 Å². The Morgan fingerprint density at radius 3 is 2.19 bits per heavy atom. The van der Waals surface area contributed by atoms with Crippen molar-refractivity contribution in [1.82, 2.24) is 4.90 Å². The van der Waals surface area contributed by atoms with Crippen LogP contribution in [0.5, 0.6) is 5.75 Å². The molecule has 8 heteroatoms. The molecule has 0 aliphatic carbocycles. The van der Waals surface area contributed by atoms with Gasteiger partial charge in [0.2, 0.25) is 5.91 Å². The Morgan fingerprint density at radius 2 is 1.61 bits per heavy atom. The van der Waals surface area contributed by atoms with Gasteiger partial charge in [0.1, 0.15) is 5.75 Å². The minimum Gasteiger partial charge on any atom is -0.406 e. The number of halogens is 3. The van der Waals surface area contributed by atoms with Gasteiger partial charge in [0.05, 0.1) is 19.3 Å². The number of amides is 1. The van der Waals surface area contributed by atoms with Crippen molar-refractivity contribution < 1.29 is 27.4 Å². The molecule has 0 radical (unpaired) electrons. The number of nitrogens with two attached hydrogens (primary N) is 1. The average molecular weight is 499 g/mol. The van der Waals surface area contributed by atoms with E-state index >= 15 is 0 Å². The lowest BCUT2D eigenvalue weighted by Crippen LogP contribution is -2.50. The second-order valence-corrected chi connectivity index (χ2v) is 8.84. The van der Waals surface area contributed by atoms with Crippen LogP contribution < -0.4 is 10.5 Å². The zero-order valence-electron chi connectivity index (χ0n) is 19.7. The summed E-state index contributed by atoms with van der Waals surface area (Å²) >= 11 is 0. The van der Waals surface area contributed by atoms with Crippen LogP contribution in [0.1, 0.15) is 29.0 Å². The smallest absolute Gasteiger partial charge is 0.406 e. The number of alkyl halides is 3. The first-order chi connectivity index (χ1) is 17.3. The number of piperidine rings is 1. The minimum atomic E-state index is -4.76. The Bertz CT molecular complexity index is 1090. The number of likely N-dealkylation sites (tertiary alicyclic amines) is 1. The second-order valence-electron chi connectivity index (χ2n) is 8.84. The monoisotopic (exact) mass is 498 g/mol. The van der Waals surface area contributed by atoms with E-state index in [1.165, 1.54) is 18.2 Å². The molecule has 3 aromatic rings. The molecule has 1 heterocycles. The topological polar surface area (TPSA) is 64.8 Å². The fourth-order valence-corrected chi connectivity index (χ4v) is 4.89. The summed E-state index contributed by atoms with van der Waals surface area (Å²) in [4.78, 5) is 14.3. The summed E-state index contributed by atoms with van der Waals surface area (Å²) in [5, 5.41) is 0. The van der Waals surface area contributed by atoms with Gasteiger partial charge < -0.3 is 20.1 Å². The van der Waals surface area contributed by atoms with Crippen molar-refractivity contribution in [2.75, 3.05) is 19.6 Å². The lowest BCUT2D eigenvalue weighted by Gasteiger charge is -2.42. The molecule has 0 aromatic heterocycles. The third kappa shape index (κ3) is 6.65. The summed E-state index contributed by atoms with van der Waals surface area (Å²) in [5.74, 6) is -0.537. The molecule has 3 aromatic carbocycles. The molecule has 0 unspecified atom stereocenters. The van der Waals surface area contributed by atoms with Gasteiger partial charge in [-0.05, 0) is 35.2 Å². The molecule has 36 heavy (non-hydrogen) atoms. The Hall–Kier alpha value is -3.36. The Morgan fingerprint density at radius 1 is 0.972 bits per heavy atom. The fraction of sp³-hybridized carbons (Fsp3) is 0.321. The number of benzene rings is 3. The van der Waals surface area contributed by atoms with Crippen molar-refractivity contribution in [2.24, 2.45) is 11.7 Å². The van der Waals surface area contributed by atoms with E-state index in [2.05, 4.69) is 29.0 Å². The number of ether oxygens (including phenoxy) is 2. The Balaban J connectivity index is 1.61. The van der Waals surface area contributed by atoms with Crippen LogP contribution in [-0.2, 0) is 16.1 Å². The van der Waals surface area contributed by atoms with E-state index < -0.39 is 6.36 Å². The van der Waals surface area contributed by atoms with Crippen molar-refractivity contribution in [2.45, 2.75) is 31.4 Å². The first-order valence-electron chi connectivity index (χ1n) is 11.9. The van der Waals surface area contributed by atoms with Crippen molar-refractivity contribution in [3.63, 3.8) is 0 Å². The van der Waals surface area contributed by atoms with Gasteiger partial charge in [-0.2, -0.15) is 0 Å². The van der Waals surface area contributed by atoms with E-state index in [1.807, 2.05) is 36.4 Å². The van der Waals surface area contributed by atoms with E-state index in [4.69, 9.17) is 10.5 Å². The largest absolute Gasteiger partial charge is 0.573 e. The predicted molar refractivity (Wildman–Crippen MR) is 130 cm³/mol. The van der Waals surface area contributed by atoms with Gasteiger partial charge in [0.25, 0.3) is 0 Å². The zero-order valence-corrected chi connectivity index (χ0v) is 19.7. The van der Waals surface area contributed by atoms with Gasteiger partial charge in [-0.15, -0.1) is 13.2 Å². The van der Waals surface area contributed by atoms with E-state index in [0.717, 1.165) is 11.1 Å². The molecule has 1 aliphatic rings. The summed E-state index contributed by atoms with van der Waals surface area (Å²) < 4.78 is 48.3. The van der Waals surface area contributed by atoms with Gasteiger partial charge in [-0.25, -0.2) is 0 Å². The first kappa shape index (κ1) is 25.7. The number of hydrogen-bond donors (Lipinski definition) is 1.